The molecule has 3 aromatic rings. The normalized spacial score (nSPS) is 17.9. The number of hydrogen-bond donors (Lipinski definition) is 1. The molecule has 1 fully saturated rings. The summed E-state index contributed by atoms with van der Waals surface area (Å²) in [6.07, 6.45) is 3.11. The number of amides is 1. The Hall–Kier alpha value is -4.02. The Bertz CT molecular complexity index is 1680. The lowest BCUT2D eigenvalue weighted by molar-refractivity contribution is -0.126. The number of hydroxylamine groups is 2. The van der Waals surface area contributed by atoms with E-state index < -0.39 is 11.5 Å². The van der Waals surface area contributed by atoms with Crippen molar-refractivity contribution in [1.29, 1.82) is 0 Å². The molecule has 1 aromatic carbocycles. The van der Waals surface area contributed by atoms with Gasteiger partial charge in [0.15, 0.2) is 5.65 Å². The van der Waals surface area contributed by atoms with Crippen LogP contribution in [-0.4, -0.2) is 67.8 Å². The molecule has 0 bridgehead atoms. The molecule has 0 radical (unpaired) electrons. The number of piperazine rings is 1. The summed E-state index contributed by atoms with van der Waals surface area (Å²) >= 11 is 6.75. The quantitative estimate of drug-likeness (QED) is 0.428. The van der Waals surface area contributed by atoms with Crippen LogP contribution >= 0.6 is 11.6 Å². The number of carbonyl (C=O) groups excluding carboxylic acids is 1. The number of allylic oxidation sites excluding steroid dienone is 3. The van der Waals surface area contributed by atoms with Crippen molar-refractivity contribution in [1.82, 2.24) is 24.5 Å². The van der Waals surface area contributed by atoms with E-state index in [0.29, 0.717) is 42.2 Å². The van der Waals surface area contributed by atoms with Gasteiger partial charge in [-0.3, -0.25) is 15.1 Å². The van der Waals surface area contributed by atoms with E-state index in [1.165, 1.54) is 16.7 Å². The maximum atomic E-state index is 14.9. The first kappa shape index (κ1) is 28.5. The lowest BCUT2D eigenvalue weighted by Gasteiger charge is -2.40. The van der Waals surface area contributed by atoms with Crippen molar-refractivity contribution in [2.45, 2.75) is 33.7 Å². The van der Waals surface area contributed by atoms with Gasteiger partial charge in [-0.25, -0.2) is 18.7 Å². The smallest absolute Gasteiger partial charge is 0.350 e. The number of carbonyl (C=O) groups is 1. The van der Waals surface area contributed by atoms with Crippen LogP contribution in [0.2, 0.25) is 5.02 Å². The van der Waals surface area contributed by atoms with Gasteiger partial charge in [-0.05, 0) is 49.6 Å². The zero-order valence-corrected chi connectivity index (χ0v) is 24.2. The van der Waals surface area contributed by atoms with Crippen LogP contribution in [-0.2, 0) is 4.79 Å². The lowest BCUT2D eigenvalue weighted by Crippen LogP contribution is -2.54. The summed E-state index contributed by atoms with van der Waals surface area (Å²) in [5.41, 5.74) is 1.78. The third-order valence-electron chi connectivity index (χ3n) is 7.55. The van der Waals surface area contributed by atoms with Gasteiger partial charge in [0.25, 0.3) is 0 Å². The first-order valence-corrected chi connectivity index (χ1v) is 13.9. The fourth-order valence-corrected chi connectivity index (χ4v) is 5.83. The standard InChI is InChI=1S/C30H32ClFN6O3/c1-6-24(39)35-13-14-36(19(5)16-35)28-21-15-22(31)25(20-9-7-8-10-23(20)32)33-29(21)38(30(40)34-28)27-18(4)11-12-37(41)26(27)17(2)3/h6-11,15,17,19,41H,1,12-14,16H2,2-5H3/t19-/m0/s1. The topological polar surface area (TPSA) is 94.8 Å². The van der Waals surface area contributed by atoms with Crippen molar-refractivity contribution in [3.05, 3.63) is 81.7 Å². The minimum absolute atomic E-state index is 0.144. The summed E-state index contributed by atoms with van der Waals surface area (Å²) in [6, 6.07) is 7.65. The largest absolute Gasteiger partial charge is 0.355 e. The van der Waals surface area contributed by atoms with E-state index >= 15 is 0 Å². The number of nitrogens with zero attached hydrogens (tertiary/aromatic N) is 6. The second-order valence-electron chi connectivity index (χ2n) is 10.6. The first-order chi connectivity index (χ1) is 19.5. The lowest BCUT2D eigenvalue weighted by atomic mass is 10.00. The van der Waals surface area contributed by atoms with E-state index in [1.807, 2.05) is 38.7 Å². The molecule has 1 atom stereocenters. The van der Waals surface area contributed by atoms with Crippen molar-refractivity contribution >= 4 is 40.1 Å². The van der Waals surface area contributed by atoms with E-state index in [-0.39, 0.29) is 46.3 Å². The van der Waals surface area contributed by atoms with E-state index in [4.69, 9.17) is 16.6 Å². The molecule has 1 amide bonds. The molecule has 2 aliphatic rings. The van der Waals surface area contributed by atoms with Crippen LogP contribution in [0.25, 0.3) is 28.0 Å². The number of anilines is 1. The number of hydrogen-bond acceptors (Lipinski definition) is 7. The van der Waals surface area contributed by atoms with Crippen LogP contribution in [0.3, 0.4) is 0 Å². The number of pyridine rings is 1. The number of aromatic nitrogens is 3. The molecule has 4 heterocycles. The molecule has 0 spiro atoms. The average molecular weight is 579 g/mol. The van der Waals surface area contributed by atoms with Gasteiger partial charge in [-0.2, -0.15) is 4.98 Å². The Morgan fingerprint density at radius 1 is 1.24 bits per heavy atom. The summed E-state index contributed by atoms with van der Waals surface area (Å²) in [7, 11) is 0. The van der Waals surface area contributed by atoms with Crippen molar-refractivity contribution in [3.63, 3.8) is 0 Å². The van der Waals surface area contributed by atoms with Crippen LogP contribution in [0.15, 0.2) is 65.1 Å². The first-order valence-electron chi connectivity index (χ1n) is 13.5. The summed E-state index contributed by atoms with van der Waals surface area (Å²) in [5.74, 6) is -0.434. The molecular weight excluding hydrogens is 547 g/mol. The van der Waals surface area contributed by atoms with Crippen LogP contribution in [0.4, 0.5) is 10.2 Å². The Balaban J connectivity index is 1.82. The highest BCUT2D eigenvalue weighted by atomic mass is 35.5. The number of rotatable bonds is 5. The van der Waals surface area contributed by atoms with Crippen molar-refractivity contribution in [2.24, 2.45) is 5.92 Å². The van der Waals surface area contributed by atoms with Crippen LogP contribution in [0, 0.1) is 11.7 Å². The Morgan fingerprint density at radius 3 is 2.63 bits per heavy atom. The van der Waals surface area contributed by atoms with Crippen LogP contribution in [0.5, 0.6) is 0 Å². The van der Waals surface area contributed by atoms with Gasteiger partial charge < -0.3 is 9.80 Å². The molecule has 1 N–H and O–H groups in total. The van der Waals surface area contributed by atoms with Crippen molar-refractivity contribution in [3.8, 4) is 11.3 Å². The Morgan fingerprint density at radius 2 is 1.98 bits per heavy atom. The highest BCUT2D eigenvalue weighted by Gasteiger charge is 2.32. The van der Waals surface area contributed by atoms with E-state index in [9.17, 15) is 19.2 Å². The van der Waals surface area contributed by atoms with E-state index in [2.05, 4.69) is 11.6 Å². The molecule has 1 saturated heterocycles. The minimum Gasteiger partial charge on any atom is -0.350 e. The molecule has 2 aromatic heterocycles. The highest BCUT2D eigenvalue weighted by Crippen LogP contribution is 2.37. The average Bonchev–Trinajstić information content (AvgIpc) is 2.94. The summed E-state index contributed by atoms with van der Waals surface area (Å²) in [5, 5.41) is 12.6. The molecule has 11 heteroatoms. The number of benzene rings is 1. The molecule has 5 rings (SSSR count). The minimum atomic E-state index is -0.602. The summed E-state index contributed by atoms with van der Waals surface area (Å²) in [6.45, 7) is 12.8. The fraction of sp³-hybridized carbons (Fsp3) is 0.333. The molecule has 2 aliphatic heterocycles. The van der Waals surface area contributed by atoms with Crippen LogP contribution < -0.4 is 10.6 Å². The highest BCUT2D eigenvalue weighted by molar-refractivity contribution is 6.34. The van der Waals surface area contributed by atoms with E-state index in [0.717, 1.165) is 10.6 Å². The van der Waals surface area contributed by atoms with Crippen LogP contribution in [0.1, 0.15) is 27.7 Å². The third kappa shape index (κ3) is 5.02. The second-order valence-corrected chi connectivity index (χ2v) is 11.0. The molecule has 0 saturated carbocycles. The molecule has 41 heavy (non-hydrogen) atoms. The maximum absolute atomic E-state index is 14.9. The fourth-order valence-electron chi connectivity index (χ4n) is 5.57. The predicted molar refractivity (Wildman–Crippen MR) is 158 cm³/mol. The number of halogens is 2. The van der Waals surface area contributed by atoms with Gasteiger partial charge in [-0.15, -0.1) is 0 Å². The maximum Gasteiger partial charge on any atom is 0.355 e. The van der Waals surface area contributed by atoms with Crippen molar-refractivity contribution in [2.75, 3.05) is 31.1 Å². The SMILES string of the molecule is C=CC(=O)N1CCN(c2nc(=O)n(C3=C(C(C)C)N(O)CC=C3C)c3nc(-c4ccccc4F)c(Cl)cc23)[C@@H](C)C1. The van der Waals surface area contributed by atoms with Gasteiger partial charge >= 0.3 is 5.69 Å². The summed E-state index contributed by atoms with van der Waals surface area (Å²) in [4.78, 5) is 39.2. The Kier molecular flexibility index (Phi) is 7.72. The molecule has 0 aliphatic carbocycles. The van der Waals surface area contributed by atoms with Gasteiger partial charge in [0.1, 0.15) is 11.6 Å². The van der Waals surface area contributed by atoms with E-state index in [1.54, 1.807) is 29.2 Å². The second kappa shape index (κ2) is 11.1. The third-order valence-corrected chi connectivity index (χ3v) is 7.84. The van der Waals surface area contributed by atoms with Gasteiger partial charge in [0.05, 0.1) is 34.0 Å². The zero-order chi connectivity index (χ0) is 29.6. The van der Waals surface area contributed by atoms with Gasteiger partial charge in [0.2, 0.25) is 5.91 Å². The number of fused-ring (bicyclic) bond motifs is 1. The van der Waals surface area contributed by atoms with Gasteiger partial charge in [-0.1, -0.05) is 50.2 Å². The molecular formula is C30H32ClFN6O3. The predicted octanol–water partition coefficient (Wildman–Crippen LogP) is 4.95. The van der Waals surface area contributed by atoms with Crippen molar-refractivity contribution < 1.29 is 14.4 Å². The monoisotopic (exact) mass is 578 g/mol. The molecule has 0 unspecified atom stereocenters. The van der Waals surface area contributed by atoms with Gasteiger partial charge in [0, 0.05) is 31.2 Å². The Labute approximate surface area is 242 Å². The summed E-state index contributed by atoms with van der Waals surface area (Å²) < 4.78 is 16.3. The molecule has 214 valence electrons. The zero-order valence-electron chi connectivity index (χ0n) is 23.4. The molecule has 9 nitrogen and oxygen atoms in total.